The largest absolute Gasteiger partial charge is 0.464 e. The van der Waals surface area contributed by atoms with Crippen molar-refractivity contribution in [1.29, 1.82) is 0 Å². The predicted octanol–water partition coefficient (Wildman–Crippen LogP) is 5.48. The molecule has 1 aliphatic carbocycles. The maximum atomic E-state index is 13.3. The summed E-state index contributed by atoms with van der Waals surface area (Å²) in [5.41, 5.74) is 2.91. The Labute approximate surface area is 258 Å². The third-order valence-corrected chi connectivity index (χ3v) is 7.57. The van der Waals surface area contributed by atoms with Crippen molar-refractivity contribution in [3.8, 4) is 0 Å². The molecule has 0 bridgehead atoms. The van der Waals surface area contributed by atoms with Crippen molar-refractivity contribution in [1.82, 2.24) is 16.0 Å². The number of esters is 1. The first-order valence-electron chi connectivity index (χ1n) is 13.3. The Bertz CT molecular complexity index is 1500. The van der Waals surface area contributed by atoms with Gasteiger partial charge in [-0.25, -0.2) is 9.59 Å². The molecule has 0 aliphatic heterocycles. The number of hydrogen-bond acceptors (Lipinski definition) is 5. The number of urea groups is 1. The fourth-order valence-corrected chi connectivity index (χ4v) is 5.46. The number of benzene rings is 3. The van der Waals surface area contributed by atoms with Crippen LogP contribution < -0.4 is 21.3 Å². The summed E-state index contributed by atoms with van der Waals surface area (Å²) in [5, 5.41) is 11.1. The van der Waals surface area contributed by atoms with Gasteiger partial charge in [0.15, 0.2) is 0 Å². The van der Waals surface area contributed by atoms with Crippen molar-refractivity contribution < 1.29 is 23.9 Å². The number of hydrogen-bond donors (Lipinski definition) is 4. The van der Waals surface area contributed by atoms with E-state index in [-0.39, 0.29) is 46.9 Å². The summed E-state index contributed by atoms with van der Waals surface area (Å²) in [7, 11) is 0. The van der Waals surface area contributed by atoms with Gasteiger partial charge in [0.1, 0.15) is 6.04 Å². The molecule has 1 aliphatic rings. The van der Waals surface area contributed by atoms with Crippen LogP contribution in [0.4, 0.5) is 10.5 Å². The summed E-state index contributed by atoms with van der Waals surface area (Å²) in [6.07, 6.45) is 1.63. The molecule has 12 heteroatoms. The normalized spacial score (nSPS) is 14.3. The van der Waals surface area contributed by atoms with Crippen molar-refractivity contribution in [3.05, 3.63) is 98.0 Å². The molecule has 220 valence electrons. The lowest BCUT2D eigenvalue weighted by atomic mass is 10.1. The summed E-state index contributed by atoms with van der Waals surface area (Å²) < 4.78 is 5.10. The van der Waals surface area contributed by atoms with Gasteiger partial charge >= 0.3 is 12.0 Å². The molecule has 3 aromatic rings. The smallest absolute Gasteiger partial charge is 0.330 e. The molecule has 42 heavy (non-hydrogen) atoms. The van der Waals surface area contributed by atoms with Crippen molar-refractivity contribution in [3.63, 3.8) is 0 Å². The average molecular weight is 632 g/mol. The number of aryl methyl sites for hydroxylation is 1. The number of halogens is 3. The number of amides is 4. The van der Waals surface area contributed by atoms with Crippen LogP contribution in [-0.4, -0.2) is 43.0 Å². The molecule has 0 unspecified atom stereocenters. The van der Waals surface area contributed by atoms with E-state index in [0.717, 1.165) is 18.4 Å². The lowest BCUT2D eigenvalue weighted by molar-refractivity contribution is -0.145. The molecular formula is C30H29Cl3N4O5. The summed E-state index contributed by atoms with van der Waals surface area (Å²) >= 11 is 18.8. The van der Waals surface area contributed by atoms with E-state index in [9.17, 15) is 19.2 Å². The molecule has 9 nitrogen and oxygen atoms in total. The van der Waals surface area contributed by atoms with E-state index in [0.29, 0.717) is 10.6 Å². The second-order valence-electron chi connectivity index (χ2n) is 9.56. The van der Waals surface area contributed by atoms with Crippen LogP contribution in [0, 0.1) is 0 Å². The monoisotopic (exact) mass is 630 g/mol. The fourth-order valence-electron chi connectivity index (χ4n) is 4.66. The van der Waals surface area contributed by atoms with Crippen molar-refractivity contribution in [2.75, 3.05) is 18.5 Å². The summed E-state index contributed by atoms with van der Waals surface area (Å²) in [4.78, 5) is 51.3. The minimum Gasteiger partial charge on any atom is -0.464 e. The molecule has 4 amide bonds. The number of fused-ring (bicyclic) bond motifs is 1. The minimum atomic E-state index is -1.24. The van der Waals surface area contributed by atoms with E-state index in [4.69, 9.17) is 39.5 Å². The zero-order chi connectivity index (χ0) is 30.2. The maximum Gasteiger partial charge on any atom is 0.330 e. The van der Waals surface area contributed by atoms with Gasteiger partial charge in [0.25, 0.3) is 5.91 Å². The first kappa shape index (κ1) is 31.2. The molecule has 2 atom stereocenters. The van der Waals surface area contributed by atoms with E-state index in [1.807, 2.05) is 24.3 Å². The molecule has 3 aromatic carbocycles. The number of anilines is 1. The molecule has 0 saturated heterocycles. The number of carbonyl (C=O) groups excluding carboxylic acids is 4. The van der Waals surface area contributed by atoms with E-state index in [1.165, 1.54) is 17.7 Å². The molecule has 0 heterocycles. The molecule has 0 spiro atoms. The van der Waals surface area contributed by atoms with Gasteiger partial charge in [-0.15, -0.1) is 0 Å². The SMILES string of the molecule is CCOC(=O)[C@H](CNC(=O)N[C@@H]1CCc2ccccc21)NC(=O)c1c(Cl)ccc(NC(=O)Cc2cccc(Cl)c2)c1Cl. The van der Waals surface area contributed by atoms with Crippen LogP contribution in [0.5, 0.6) is 0 Å². The molecule has 4 rings (SSSR count). The third-order valence-electron chi connectivity index (χ3n) is 6.63. The maximum absolute atomic E-state index is 13.3. The van der Waals surface area contributed by atoms with Crippen LogP contribution in [0.2, 0.25) is 15.1 Å². The predicted molar refractivity (Wildman–Crippen MR) is 162 cm³/mol. The van der Waals surface area contributed by atoms with E-state index in [1.54, 1.807) is 31.2 Å². The molecule has 0 fully saturated rings. The van der Waals surface area contributed by atoms with Gasteiger partial charge in [-0.1, -0.05) is 71.2 Å². The first-order valence-corrected chi connectivity index (χ1v) is 14.4. The Balaban J connectivity index is 1.42. The summed E-state index contributed by atoms with van der Waals surface area (Å²) in [6.45, 7) is 1.43. The quantitative estimate of drug-likeness (QED) is 0.221. The summed E-state index contributed by atoms with van der Waals surface area (Å²) in [5.74, 6) is -1.94. The lowest BCUT2D eigenvalue weighted by Gasteiger charge is -2.20. The van der Waals surface area contributed by atoms with Gasteiger partial charge in [0.05, 0.1) is 46.9 Å². The highest BCUT2D eigenvalue weighted by Gasteiger charge is 2.28. The second-order valence-corrected chi connectivity index (χ2v) is 10.8. The van der Waals surface area contributed by atoms with Gasteiger partial charge in [-0.05, 0) is 60.7 Å². The van der Waals surface area contributed by atoms with Crippen LogP contribution in [0.1, 0.15) is 46.4 Å². The van der Waals surface area contributed by atoms with Crippen molar-refractivity contribution in [2.45, 2.75) is 38.3 Å². The third kappa shape index (κ3) is 7.94. The zero-order valence-electron chi connectivity index (χ0n) is 22.6. The van der Waals surface area contributed by atoms with Crippen molar-refractivity contribution in [2.24, 2.45) is 0 Å². The fraction of sp³-hybridized carbons (Fsp3) is 0.267. The Kier molecular flexibility index (Phi) is 10.7. The van der Waals surface area contributed by atoms with Crippen LogP contribution >= 0.6 is 34.8 Å². The molecule has 0 aromatic heterocycles. The highest BCUT2D eigenvalue weighted by Crippen LogP contribution is 2.32. The Morgan fingerprint density at radius 1 is 1.00 bits per heavy atom. The Morgan fingerprint density at radius 3 is 2.55 bits per heavy atom. The van der Waals surface area contributed by atoms with Crippen LogP contribution in [0.25, 0.3) is 0 Å². The van der Waals surface area contributed by atoms with E-state index < -0.39 is 29.9 Å². The van der Waals surface area contributed by atoms with Gasteiger partial charge in [0.2, 0.25) is 5.91 Å². The van der Waals surface area contributed by atoms with Crippen LogP contribution in [-0.2, 0) is 27.2 Å². The topological polar surface area (TPSA) is 126 Å². The molecule has 4 N–H and O–H groups in total. The second kappa shape index (κ2) is 14.4. The number of nitrogens with one attached hydrogen (secondary N) is 4. The van der Waals surface area contributed by atoms with Crippen molar-refractivity contribution >= 4 is 64.3 Å². The van der Waals surface area contributed by atoms with Crippen LogP contribution in [0.3, 0.4) is 0 Å². The average Bonchev–Trinajstić information content (AvgIpc) is 3.35. The van der Waals surface area contributed by atoms with Gasteiger partial charge < -0.3 is 26.0 Å². The van der Waals surface area contributed by atoms with E-state index >= 15 is 0 Å². The molecule has 0 saturated carbocycles. The zero-order valence-corrected chi connectivity index (χ0v) is 24.9. The number of ether oxygens (including phenoxy) is 1. The molecular weight excluding hydrogens is 603 g/mol. The standard InChI is InChI=1S/C30H29Cl3N4O5/c1-2-42-29(40)24(16-34-30(41)37-22-12-10-18-7-3-4-9-20(18)22)36-28(39)26-21(32)11-13-23(27(26)33)35-25(38)15-17-6-5-8-19(31)14-17/h3-9,11,13-14,22,24H,2,10,12,15-16H2,1H3,(H,35,38)(H,36,39)(H2,34,37,41)/t22-,24+/m1/s1. The Hall–Kier alpha value is -3.79. The number of carbonyl (C=O) groups is 4. The Morgan fingerprint density at radius 2 is 1.79 bits per heavy atom. The first-order chi connectivity index (χ1) is 20.2. The van der Waals surface area contributed by atoms with E-state index in [2.05, 4.69) is 21.3 Å². The minimum absolute atomic E-state index is 0.00134. The lowest BCUT2D eigenvalue weighted by Crippen LogP contribution is -2.51. The van der Waals surface area contributed by atoms with Gasteiger partial charge in [-0.2, -0.15) is 0 Å². The number of rotatable bonds is 10. The highest BCUT2D eigenvalue weighted by molar-refractivity contribution is 6.41. The van der Waals surface area contributed by atoms with Gasteiger partial charge in [-0.3, -0.25) is 9.59 Å². The summed E-state index contributed by atoms with van der Waals surface area (Å²) in [6, 6.07) is 15.7. The van der Waals surface area contributed by atoms with Gasteiger partial charge in [0, 0.05) is 5.02 Å². The highest BCUT2D eigenvalue weighted by atomic mass is 35.5. The van der Waals surface area contributed by atoms with Crippen LogP contribution in [0.15, 0.2) is 60.7 Å². The molecule has 0 radical (unpaired) electrons.